The maximum Gasteiger partial charge on any atom is 0.219 e. The van der Waals surface area contributed by atoms with Crippen molar-refractivity contribution in [1.82, 2.24) is 9.80 Å². The fourth-order valence-corrected chi connectivity index (χ4v) is 2.42. The van der Waals surface area contributed by atoms with Crippen LogP contribution in [0, 0.1) is 0 Å². The fourth-order valence-electron chi connectivity index (χ4n) is 2.42. The van der Waals surface area contributed by atoms with Crippen molar-refractivity contribution in [3.8, 4) is 0 Å². The van der Waals surface area contributed by atoms with E-state index < -0.39 is 0 Å². The summed E-state index contributed by atoms with van der Waals surface area (Å²) in [5.74, 6) is 0.215. The summed E-state index contributed by atoms with van der Waals surface area (Å²) >= 11 is 0. The second kappa shape index (κ2) is 4.69. The van der Waals surface area contributed by atoms with Gasteiger partial charge in [-0.15, -0.1) is 0 Å². The van der Waals surface area contributed by atoms with Crippen molar-refractivity contribution in [2.75, 3.05) is 26.2 Å². The summed E-state index contributed by atoms with van der Waals surface area (Å²) in [5, 5.41) is 0. The Morgan fingerprint density at radius 1 is 1.20 bits per heavy atom. The first-order valence-corrected chi connectivity index (χ1v) is 5.97. The lowest BCUT2D eigenvalue weighted by Gasteiger charge is -2.37. The van der Waals surface area contributed by atoms with Crippen LogP contribution in [0.3, 0.4) is 0 Å². The van der Waals surface area contributed by atoms with Gasteiger partial charge in [0.05, 0.1) is 0 Å². The Morgan fingerprint density at radius 3 is 2.47 bits per heavy atom. The van der Waals surface area contributed by atoms with Crippen LogP contribution in [0.15, 0.2) is 11.8 Å². The second-order valence-electron chi connectivity index (χ2n) is 4.43. The number of hydrogen-bond donors (Lipinski definition) is 0. The first-order chi connectivity index (χ1) is 7.27. The van der Waals surface area contributed by atoms with Crippen molar-refractivity contribution in [3.05, 3.63) is 11.8 Å². The molecule has 1 saturated heterocycles. The van der Waals surface area contributed by atoms with Crippen molar-refractivity contribution in [2.24, 2.45) is 0 Å². The third-order valence-electron chi connectivity index (χ3n) is 3.40. The zero-order valence-corrected chi connectivity index (χ0v) is 9.54. The first-order valence-electron chi connectivity index (χ1n) is 5.97. The van der Waals surface area contributed by atoms with Crippen LogP contribution in [0.2, 0.25) is 0 Å². The largest absolute Gasteiger partial charge is 0.372 e. The molecule has 0 aromatic rings. The van der Waals surface area contributed by atoms with Gasteiger partial charge >= 0.3 is 0 Å². The summed E-state index contributed by atoms with van der Waals surface area (Å²) in [7, 11) is 0. The van der Waals surface area contributed by atoms with Gasteiger partial charge in [0.2, 0.25) is 5.91 Å². The normalized spacial score (nSPS) is 22.6. The summed E-state index contributed by atoms with van der Waals surface area (Å²) in [4.78, 5) is 15.6. The number of rotatable bonds is 1. The molecule has 15 heavy (non-hydrogen) atoms. The van der Waals surface area contributed by atoms with E-state index in [1.807, 2.05) is 4.90 Å². The highest BCUT2D eigenvalue weighted by molar-refractivity contribution is 5.73. The van der Waals surface area contributed by atoms with Gasteiger partial charge in [0.15, 0.2) is 0 Å². The zero-order valence-electron chi connectivity index (χ0n) is 9.54. The van der Waals surface area contributed by atoms with Crippen molar-refractivity contribution >= 4 is 5.91 Å². The van der Waals surface area contributed by atoms with Gasteiger partial charge in [0.25, 0.3) is 0 Å². The Labute approximate surface area is 91.7 Å². The van der Waals surface area contributed by atoms with Crippen LogP contribution >= 0.6 is 0 Å². The lowest BCUT2D eigenvalue weighted by atomic mass is 10.0. The molecule has 1 aliphatic heterocycles. The van der Waals surface area contributed by atoms with E-state index in [1.165, 1.54) is 31.4 Å². The quantitative estimate of drug-likeness (QED) is 0.653. The van der Waals surface area contributed by atoms with E-state index in [9.17, 15) is 4.79 Å². The Balaban J connectivity index is 1.87. The van der Waals surface area contributed by atoms with Crippen LogP contribution < -0.4 is 0 Å². The maximum atomic E-state index is 11.2. The Hall–Kier alpha value is -0.990. The summed E-state index contributed by atoms with van der Waals surface area (Å²) in [6.07, 6.45) is 7.53. The monoisotopic (exact) mass is 208 g/mol. The number of hydrogen-bond acceptors (Lipinski definition) is 2. The lowest BCUT2D eigenvalue weighted by Crippen LogP contribution is -2.47. The van der Waals surface area contributed by atoms with Gasteiger partial charge in [-0.1, -0.05) is 6.08 Å². The molecule has 0 aromatic carbocycles. The van der Waals surface area contributed by atoms with Crippen molar-refractivity contribution in [2.45, 2.75) is 32.6 Å². The molecule has 0 radical (unpaired) electrons. The highest BCUT2D eigenvalue weighted by atomic mass is 16.2. The van der Waals surface area contributed by atoms with Gasteiger partial charge < -0.3 is 9.80 Å². The van der Waals surface area contributed by atoms with Gasteiger partial charge in [0.1, 0.15) is 0 Å². The summed E-state index contributed by atoms with van der Waals surface area (Å²) in [6.45, 7) is 5.49. The van der Waals surface area contributed by atoms with Crippen LogP contribution in [0.4, 0.5) is 0 Å². The summed E-state index contributed by atoms with van der Waals surface area (Å²) < 4.78 is 0. The zero-order chi connectivity index (χ0) is 10.7. The van der Waals surface area contributed by atoms with E-state index >= 15 is 0 Å². The minimum atomic E-state index is 0.215. The van der Waals surface area contributed by atoms with Crippen LogP contribution in [0.1, 0.15) is 32.6 Å². The smallest absolute Gasteiger partial charge is 0.219 e. The molecule has 3 nitrogen and oxygen atoms in total. The maximum absolute atomic E-state index is 11.2. The minimum Gasteiger partial charge on any atom is -0.372 e. The van der Waals surface area contributed by atoms with Gasteiger partial charge in [-0.2, -0.15) is 0 Å². The molecule has 0 bridgehead atoms. The molecule has 0 saturated carbocycles. The number of allylic oxidation sites excluding steroid dienone is 2. The molecule has 1 amide bonds. The first kappa shape index (κ1) is 10.5. The second-order valence-corrected chi connectivity index (χ2v) is 4.43. The minimum absolute atomic E-state index is 0.215. The lowest BCUT2D eigenvalue weighted by molar-refractivity contribution is -0.130. The highest BCUT2D eigenvalue weighted by Crippen LogP contribution is 2.21. The Kier molecular flexibility index (Phi) is 3.29. The van der Waals surface area contributed by atoms with Crippen molar-refractivity contribution in [1.29, 1.82) is 0 Å². The van der Waals surface area contributed by atoms with Gasteiger partial charge in [0, 0.05) is 38.8 Å². The average Bonchev–Trinajstić information content (AvgIpc) is 2.30. The van der Waals surface area contributed by atoms with Gasteiger partial charge in [-0.05, 0) is 25.7 Å². The number of carbonyl (C=O) groups excluding carboxylic acids is 1. The summed E-state index contributed by atoms with van der Waals surface area (Å²) in [6, 6.07) is 0. The molecular formula is C12H20N2O. The predicted molar refractivity (Wildman–Crippen MR) is 60.4 cm³/mol. The Bertz CT molecular complexity index is 265. The molecule has 84 valence electrons. The molecule has 1 aliphatic carbocycles. The van der Waals surface area contributed by atoms with E-state index in [0.717, 1.165) is 26.2 Å². The fraction of sp³-hybridized carbons (Fsp3) is 0.750. The third-order valence-corrected chi connectivity index (χ3v) is 3.40. The number of piperazine rings is 1. The predicted octanol–water partition coefficient (Wildman–Crippen LogP) is 1.61. The molecule has 1 heterocycles. The highest BCUT2D eigenvalue weighted by Gasteiger charge is 2.20. The summed E-state index contributed by atoms with van der Waals surface area (Å²) in [5.41, 5.74) is 1.52. The van der Waals surface area contributed by atoms with E-state index in [1.54, 1.807) is 6.92 Å². The SMILES string of the molecule is CC(=O)N1CCN(C2=CCCCC2)CC1. The topological polar surface area (TPSA) is 23.6 Å². The standard InChI is InChI=1S/C12H20N2O/c1-11(15)13-7-9-14(10-8-13)12-5-3-2-4-6-12/h5H,2-4,6-10H2,1H3. The number of amides is 1. The third kappa shape index (κ3) is 2.52. The van der Waals surface area contributed by atoms with Gasteiger partial charge in [-0.25, -0.2) is 0 Å². The molecular weight excluding hydrogens is 188 g/mol. The molecule has 1 fully saturated rings. The van der Waals surface area contributed by atoms with E-state index in [-0.39, 0.29) is 5.91 Å². The number of carbonyl (C=O) groups is 1. The molecule has 2 rings (SSSR count). The van der Waals surface area contributed by atoms with Crippen LogP contribution in [0.5, 0.6) is 0 Å². The van der Waals surface area contributed by atoms with E-state index in [2.05, 4.69) is 11.0 Å². The molecule has 2 aliphatic rings. The molecule has 0 unspecified atom stereocenters. The van der Waals surface area contributed by atoms with Crippen LogP contribution in [-0.2, 0) is 4.79 Å². The molecule has 0 atom stereocenters. The van der Waals surface area contributed by atoms with Crippen molar-refractivity contribution in [3.63, 3.8) is 0 Å². The molecule has 0 spiro atoms. The molecule has 0 N–H and O–H groups in total. The van der Waals surface area contributed by atoms with E-state index in [0.29, 0.717) is 0 Å². The average molecular weight is 208 g/mol. The van der Waals surface area contributed by atoms with Crippen molar-refractivity contribution < 1.29 is 4.79 Å². The van der Waals surface area contributed by atoms with E-state index in [4.69, 9.17) is 0 Å². The number of nitrogens with zero attached hydrogens (tertiary/aromatic N) is 2. The van der Waals surface area contributed by atoms with Crippen LogP contribution in [-0.4, -0.2) is 41.9 Å². The molecule has 0 aromatic heterocycles. The van der Waals surface area contributed by atoms with Gasteiger partial charge in [-0.3, -0.25) is 4.79 Å². The van der Waals surface area contributed by atoms with Crippen LogP contribution in [0.25, 0.3) is 0 Å². The molecule has 3 heteroatoms. The Morgan fingerprint density at radius 2 is 1.93 bits per heavy atom.